The molecule has 0 radical (unpaired) electrons. The van der Waals surface area contributed by atoms with E-state index in [0.717, 1.165) is 49.7 Å². The van der Waals surface area contributed by atoms with Gasteiger partial charge in [-0.05, 0) is 110 Å². The molecule has 6 unspecified atom stereocenters. The zero-order valence-corrected chi connectivity index (χ0v) is 38.0. The third-order valence-corrected chi connectivity index (χ3v) is 13.1. The van der Waals surface area contributed by atoms with Gasteiger partial charge in [0, 0.05) is 61.8 Å². The monoisotopic (exact) mass is 910 g/mol. The number of nitro benzene ring substituents is 1. The number of hydrogen-bond acceptors (Lipinski definition) is 13. The molecule has 1 heterocycles. The number of anilines is 1. The number of fused-ring (bicyclic) bond motifs is 2. The van der Waals surface area contributed by atoms with Crippen molar-refractivity contribution < 1.29 is 53.2 Å². The SMILES string of the molecule is C=CCOC12Oc3ccc(OC(=O)Nc4ccc(OC)cc4OC)cc3C3C(CCCCO)C(CCCCO)C=C(C(=NOCc4ccc([N+](=O)[O-])cc4)CC1N(CCC)C(=O)C1CC1)C32. The number of allylic oxidation sites excluding steroid dienone is 1. The normalized spacial score (nSPS) is 23.3. The van der Waals surface area contributed by atoms with Gasteiger partial charge in [0.2, 0.25) is 11.7 Å². The van der Waals surface area contributed by atoms with E-state index in [4.69, 9.17) is 33.7 Å². The summed E-state index contributed by atoms with van der Waals surface area (Å²) in [6, 6.07) is 15.8. The minimum absolute atomic E-state index is 0.0266. The summed E-state index contributed by atoms with van der Waals surface area (Å²) in [6.45, 7) is 6.76. The fourth-order valence-corrected chi connectivity index (χ4v) is 9.98. The number of ether oxygens (including phenoxy) is 5. The number of non-ortho nitro benzene ring substituents is 1. The molecule has 7 rings (SSSR count). The molecule has 16 nitrogen and oxygen atoms in total. The van der Waals surface area contributed by atoms with Gasteiger partial charge in [0.15, 0.2) is 0 Å². The predicted octanol–water partition coefficient (Wildman–Crippen LogP) is 8.71. The van der Waals surface area contributed by atoms with Crippen LogP contribution >= 0.6 is 0 Å². The summed E-state index contributed by atoms with van der Waals surface area (Å²) < 4.78 is 31.2. The summed E-state index contributed by atoms with van der Waals surface area (Å²) in [5.41, 5.74) is 3.32. The average molecular weight is 911 g/mol. The highest BCUT2D eigenvalue weighted by atomic mass is 16.7. The summed E-state index contributed by atoms with van der Waals surface area (Å²) in [4.78, 5) is 47.1. The van der Waals surface area contributed by atoms with Gasteiger partial charge in [-0.1, -0.05) is 37.1 Å². The molecule has 0 spiro atoms. The number of amides is 2. The molecule has 4 aliphatic rings. The van der Waals surface area contributed by atoms with Gasteiger partial charge in [0.05, 0.1) is 43.1 Å². The van der Waals surface area contributed by atoms with Crippen LogP contribution in [0.15, 0.2) is 90.1 Å². The Balaban J connectivity index is 1.37. The first kappa shape index (κ1) is 48.0. The van der Waals surface area contributed by atoms with Gasteiger partial charge < -0.3 is 43.6 Å². The van der Waals surface area contributed by atoms with Crippen molar-refractivity contribution in [3.8, 4) is 23.0 Å². The van der Waals surface area contributed by atoms with Crippen LogP contribution in [0.25, 0.3) is 0 Å². The minimum atomic E-state index is -1.43. The Morgan fingerprint density at radius 3 is 2.41 bits per heavy atom. The number of carbonyl (C=O) groups is 2. The Morgan fingerprint density at radius 2 is 1.74 bits per heavy atom. The zero-order valence-electron chi connectivity index (χ0n) is 38.0. The van der Waals surface area contributed by atoms with Crippen LogP contribution in [-0.2, 0) is 21.0 Å². The van der Waals surface area contributed by atoms with Crippen LogP contribution in [0.4, 0.5) is 16.2 Å². The number of nitrogens with one attached hydrogen (secondary N) is 1. The van der Waals surface area contributed by atoms with Crippen molar-refractivity contribution in [3.63, 3.8) is 0 Å². The largest absolute Gasteiger partial charge is 0.497 e. The maximum Gasteiger partial charge on any atom is 0.417 e. The van der Waals surface area contributed by atoms with E-state index in [9.17, 15) is 29.9 Å². The van der Waals surface area contributed by atoms with E-state index in [2.05, 4.69) is 18.0 Å². The van der Waals surface area contributed by atoms with Crippen LogP contribution in [0, 0.1) is 33.8 Å². The number of carbonyl (C=O) groups excluding carboxylic acids is 2. The Morgan fingerprint density at radius 1 is 1.00 bits per heavy atom. The van der Waals surface area contributed by atoms with Gasteiger partial charge in [0.1, 0.15) is 35.6 Å². The van der Waals surface area contributed by atoms with Crippen molar-refractivity contribution >= 4 is 29.1 Å². The van der Waals surface area contributed by atoms with Crippen LogP contribution < -0.4 is 24.3 Å². The molecular weight excluding hydrogens is 849 g/mol. The molecule has 3 aromatic rings. The molecule has 3 N–H and O–H groups in total. The molecule has 1 aliphatic heterocycles. The Labute approximate surface area is 385 Å². The molecule has 66 heavy (non-hydrogen) atoms. The molecule has 6 atom stereocenters. The number of nitrogens with zero attached hydrogens (tertiary/aromatic N) is 3. The highest BCUT2D eigenvalue weighted by Crippen LogP contribution is 2.62. The second-order valence-corrected chi connectivity index (χ2v) is 17.4. The zero-order chi connectivity index (χ0) is 46.8. The molecule has 3 aliphatic carbocycles. The summed E-state index contributed by atoms with van der Waals surface area (Å²) in [6.07, 6.45) is 9.91. The second kappa shape index (κ2) is 22.0. The number of aliphatic hydroxyl groups is 2. The lowest BCUT2D eigenvalue weighted by molar-refractivity contribution is -0.384. The van der Waals surface area contributed by atoms with Gasteiger partial charge >= 0.3 is 6.09 Å². The number of nitro groups is 1. The van der Waals surface area contributed by atoms with E-state index in [1.807, 2.05) is 17.9 Å². The fourth-order valence-electron chi connectivity index (χ4n) is 9.98. The van der Waals surface area contributed by atoms with Crippen LogP contribution in [-0.4, -0.2) is 90.2 Å². The van der Waals surface area contributed by atoms with Crippen molar-refractivity contribution in [3.05, 3.63) is 106 Å². The first-order valence-corrected chi connectivity index (χ1v) is 23.0. The van der Waals surface area contributed by atoms with Crippen molar-refractivity contribution in [2.75, 3.05) is 45.9 Å². The summed E-state index contributed by atoms with van der Waals surface area (Å²) in [7, 11) is 3.04. The molecule has 0 bridgehead atoms. The predicted molar refractivity (Wildman–Crippen MR) is 247 cm³/mol. The molecule has 354 valence electrons. The quantitative estimate of drug-likeness (QED) is 0.0354. The molecule has 0 saturated heterocycles. The van der Waals surface area contributed by atoms with Crippen molar-refractivity contribution in [1.29, 1.82) is 0 Å². The molecule has 2 saturated carbocycles. The van der Waals surface area contributed by atoms with Gasteiger partial charge in [-0.2, -0.15) is 0 Å². The van der Waals surface area contributed by atoms with Gasteiger partial charge in [-0.25, -0.2) is 4.79 Å². The summed E-state index contributed by atoms with van der Waals surface area (Å²) >= 11 is 0. The lowest BCUT2D eigenvalue weighted by atomic mass is 9.55. The molecule has 2 fully saturated rings. The fraction of sp³-hybridized carbons (Fsp3) is 0.500. The number of aliphatic hydroxyl groups excluding tert-OH is 2. The number of rotatable bonds is 23. The van der Waals surface area contributed by atoms with Gasteiger partial charge in [0.25, 0.3) is 5.69 Å². The standard InChI is InChI=1S/C50H62N4O12/c1-5-23-53(48(57)33-15-16-33)45-30-42(52-64-31-32-13-17-35(18-14-32)54(59)60)39-27-34(11-7-9-24-55)38(12-8-10-25-56)46-40-28-37(20-22-43(40)66-50(45,47(39)46)63-26-6-2)65-49(58)51-41-21-19-36(61-3)29-44(41)62-4/h6,13-14,17-22,27-29,33-34,38,45-47,55-56H,2,5,7-12,15-16,23-26,30-31H2,1,3-4H3,(H,51,58). The second-order valence-electron chi connectivity index (χ2n) is 17.4. The average Bonchev–Trinajstić information content (AvgIpc) is 4.18. The topological polar surface area (TPSA) is 201 Å². The van der Waals surface area contributed by atoms with E-state index in [0.29, 0.717) is 60.0 Å². The van der Waals surface area contributed by atoms with E-state index in [1.165, 1.54) is 19.2 Å². The van der Waals surface area contributed by atoms with Crippen molar-refractivity contribution in [1.82, 2.24) is 4.90 Å². The first-order valence-electron chi connectivity index (χ1n) is 23.0. The number of oxime groups is 1. The Bertz CT molecular complexity index is 2260. The lowest BCUT2D eigenvalue weighted by Gasteiger charge is -2.60. The maximum atomic E-state index is 14.5. The Hall–Kier alpha value is -5.97. The highest BCUT2D eigenvalue weighted by molar-refractivity contribution is 6.03. The third kappa shape index (κ3) is 10.5. The summed E-state index contributed by atoms with van der Waals surface area (Å²) in [5, 5.41) is 38.9. The molecule has 3 aromatic carbocycles. The number of benzene rings is 3. The number of methoxy groups -OCH3 is 2. The Kier molecular flexibility index (Phi) is 16.0. The van der Waals surface area contributed by atoms with Crippen LogP contribution in [0.5, 0.6) is 23.0 Å². The van der Waals surface area contributed by atoms with E-state index >= 15 is 0 Å². The maximum absolute atomic E-state index is 14.5. The number of hydrogen-bond donors (Lipinski definition) is 3. The molecular formula is C50H62N4O12. The van der Waals surface area contributed by atoms with Crippen LogP contribution in [0.1, 0.15) is 88.2 Å². The summed E-state index contributed by atoms with van der Waals surface area (Å²) in [5.74, 6) is -0.723. The third-order valence-electron chi connectivity index (χ3n) is 13.1. The smallest absolute Gasteiger partial charge is 0.417 e. The van der Waals surface area contributed by atoms with Gasteiger partial charge in [-0.3, -0.25) is 20.2 Å². The molecule has 0 aromatic heterocycles. The highest BCUT2D eigenvalue weighted by Gasteiger charge is 2.65. The van der Waals surface area contributed by atoms with Crippen molar-refractivity contribution in [2.24, 2.45) is 28.8 Å². The number of unbranched alkanes of at least 4 members (excludes halogenated alkanes) is 2. The lowest BCUT2D eigenvalue weighted by Crippen LogP contribution is -2.70. The van der Waals surface area contributed by atoms with E-state index < -0.39 is 28.8 Å². The van der Waals surface area contributed by atoms with Crippen molar-refractivity contribution in [2.45, 2.75) is 95.5 Å². The van der Waals surface area contributed by atoms with E-state index in [1.54, 1.807) is 55.7 Å². The first-order chi connectivity index (χ1) is 32.1. The molecule has 2 amide bonds. The minimum Gasteiger partial charge on any atom is -0.497 e. The van der Waals surface area contributed by atoms with Crippen LogP contribution in [0.2, 0.25) is 0 Å². The van der Waals surface area contributed by atoms with Crippen LogP contribution in [0.3, 0.4) is 0 Å². The molecule has 16 heteroatoms. The van der Waals surface area contributed by atoms with Gasteiger partial charge in [-0.15, -0.1) is 6.58 Å². The van der Waals surface area contributed by atoms with E-state index in [-0.39, 0.29) is 73.9 Å².